The molecule has 0 N–H and O–H groups in total. The van der Waals surface area contributed by atoms with E-state index < -0.39 is 0 Å². The van der Waals surface area contributed by atoms with Crippen LogP contribution in [0.25, 0.3) is 0 Å². The van der Waals surface area contributed by atoms with Gasteiger partial charge in [-0.3, -0.25) is 9.59 Å². The molecule has 6 nitrogen and oxygen atoms in total. The third-order valence-electron chi connectivity index (χ3n) is 2.69. The van der Waals surface area contributed by atoms with E-state index in [2.05, 4.69) is 14.3 Å². The highest BCUT2D eigenvalue weighted by Crippen LogP contribution is 2.15. The summed E-state index contributed by atoms with van der Waals surface area (Å²) in [5.41, 5.74) is 0.761. The molecule has 0 saturated heterocycles. The van der Waals surface area contributed by atoms with E-state index in [0.29, 0.717) is 24.3 Å². The van der Waals surface area contributed by atoms with Gasteiger partial charge in [0.25, 0.3) is 5.91 Å². The SMILES string of the molecule is CCCc1nnsc1C(=O)N(C)CCCC(=O)OC. The van der Waals surface area contributed by atoms with Crippen molar-refractivity contribution in [2.45, 2.75) is 32.6 Å². The number of aryl methyl sites for hydroxylation is 1. The van der Waals surface area contributed by atoms with Crippen molar-refractivity contribution in [1.82, 2.24) is 14.5 Å². The van der Waals surface area contributed by atoms with Gasteiger partial charge in [-0.2, -0.15) is 0 Å². The van der Waals surface area contributed by atoms with Crippen LogP contribution in [0.1, 0.15) is 41.6 Å². The summed E-state index contributed by atoms with van der Waals surface area (Å²) in [5.74, 6) is -0.338. The second kappa shape index (κ2) is 7.83. The zero-order valence-electron chi connectivity index (χ0n) is 11.5. The molecule has 0 spiro atoms. The zero-order chi connectivity index (χ0) is 14.3. The molecule has 0 unspecified atom stereocenters. The van der Waals surface area contributed by atoms with Gasteiger partial charge in [-0.05, 0) is 24.4 Å². The molecular weight excluding hydrogens is 266 g/mol. The van der Waals surface area contributed by atoms with Crippen LogP contribution >= 0.6 is 11.5 Å². The summed E-state index contributed by atoms with van der Waals surface area (Å²) in [6.07, 6.45) is 2.59. The largest absolute Gasteiger partial charge is 0.469 e. The van der Waals surface area contributed by atoms with Gasteiger partial charge in [0, 0.05) is 20.0 Å². The molecule has 19 heavy (non-hydrogen) atoms. The van der Waals surface area contributed by atoms with Crippen LogP contribution in [-0.4, -0.2) is 47.1 Å². The van der Waals surface area contributed by atoms with E-state index in [9.17, 15) is 9.59 Å². The van der Waals surface area contributed by atoms with Crippen LogP contribution in [-0.2, 0) is 16.0 Å². The van der Waals surface area contributed by atoms with Crippen LogP contribution in [0.5, 0.6) is 0 Å². The highest BCUT2D eigenvalue weighted by atomic mass is 32.1. The maximum Gasteiger partial charge on any atom is 0.305 e. The molecule has 1 aromatic rings. The van der Waals surface area contributed by atoms with Gasteiger partial charge in [-0.25, -0.2) is 0 Å². The molecule has 0 bridgehead atoms. The van der Waals surface area contributed by atoms with E-state index >= 15 is 0 Å². The minimum absolute atomic E-state index is 0.0803. The monoisotopic (exact) mass is 285 g/mol. The van der Waals surface area contributed by atoms with Gasteiger partial charge in [-0.1, -0.05) is 17.8 Å². The summed E-state index contributed by atoms with van der Waals surface area (Å²) in [4.78, 5) is 25.4. The van der Waals surface area contributed by atoms with E-state index in [1.165, 1.54) is 7.11 Å². The number of carbonyl (C=O) groups excluding carboxylic acids is 2. The highest BCUT2D eigenvalue weighted by molar-refractivity contribution is 7.07. The molecule has 0 saturated carbocycles. The Morgan fingerprint density at radius 3 is 2.79 bits per heavy atom. The Bertz CT molecular complexity index is 434. The Balaban J connectivity index is 2.51. The normalized spacial score (nSPS) is 10.3. The van der Waals surface area contributed by atoms with Crippen molar-refractivity contribution in [3.63, 3.8) is 0 Å². The first-order valence-corrected chi connectivity index (χ1v) is 7.01. The summed E-state index contributed by atoms with van der Waals surface area (Å²) in [7, 11) is 3.08. The topological polar surface area (TPSA) is 72.4 Å². The smallest absolute Gasteiger partial charge is 0.305 e. The Hall–Kier alpha value is -1.50. The Morgan fingerprint density at radius 1 is 1.42 bits per heavy atom. The number of hydrogen-bond donors (Lipinski definition) is 0. The van der Waals surface area contributed by atoms with Crippen molar-refractivity contribution in [3.8, 4) is 0 Å². The van der Waals surface area contributed by atoms with Gasteiger partial charge in [0.2, 0.25) is 0 Å². The number of ether oxygens (including phenoxy) is 1. The number of carbonyl (C=O) groups is 2. The molecule has 0 aliphatic carbocycles. The first-order chi connectivity index (χ1) is 9.10. The fourth-order valence-electron chi connectivity index (χ4n) is 1.61. The Morgan fingerprint density at radius 2 is 2.16 bits per heavy atom. The molecule has 0 aromatic carbocycles. The zero-order valence-corrected chi connectivity index (χ0v) is 12.3. The maximum absolute atomic E-state index is 12.2. The predicted octanol–water partition coefficient (Wildman–Crippen LogP) is 1.52. The summed E-state index contributed by atoms with van der Waals surface area (Å²) >= 11 is 1.13. The lowest BCUT2D eigenvalue weighted by atomic mass is 10.2. The minimum atomic E-state index is -0.257. The van der Waals surface area contributed by atoms with Crippen LogP contribution in [0.15, 0.2) is 0 Å². The van der Waals surface area contributed by atoms with Crippen LogP contribution in [0, 0.1) is 0 Å². The average molecular weight is 285 g/mol. The number of hydrogen-bond acceptors (Lipinski definition) is 6. The molecule has 0 atom stereocenters. The van der Waals surface area contributed by atoms with Crippen LogP contribution < -0.4 is 0 Å². The molecule has 0 fully saturated rings. The summed E-state index contributed by atoms with van der Waals surface area (Å²) in [6, 6.07) is 0. The van der Waals surface area contributed by atoms with Crippen molar-refractivity contribution in [2.24, 2.45) is 0 Å². The molecular formula is C12H19N3O3S. The third kappa shape index (κ3) is 4.59. The van der Waals surface area contributed by atoms with Crippen molar-refractivity contribution >= 4 is 23.4 Å². The molecule has 1 aromatic heterocycles. The van der Waals surface area contributed by atoms with Gasteiger partial charge in [-0.15, -0.1) is 5.10 Å². The average Bonchev–Trinajstić information content (AvgIpc) is 2.86. The van der Waals surface area contributed by atoms with Gasteiger partial charge < -0.3 is 9.64 Å². The number of aromatic nitrogens is 2. The second-order valence-electron chi connectivity index (χ2n) is 4.21. The lowest BCUT2D eigenvalue weighted by Gasteiger charge is -2.15. The molecule has 1 amide bonds. The molecule has 0 aliphatic rings. The lowest BCUT2D eigenvalue weighted by Crippen LogP contribution is -2.28. The van der Waals surface area contributed by atoms with Crippen molar-refractivity contribution in [1.29, 1.82) is 0 Å². The second-order valence-corrected chi connectivity index (χ2v) is 4.96. The first-order valence-electron chi connectivity index (χ1n) is 6.23. The van der Waals surface area contributed by atoms with Crippen molar-refractivity contribution in [2.75, 3.05) is 20.7 Å². The fraction of sp³-hybridized carbons (Fsp3) is 0.667. The molecule has 1 heterocycles. The first kappa shape index (κ1) is 15.6. The maximum atomic E-state index is 12.2. The lowest BCUT2D eigenvalue weighted by molar-refractivity contribution is -0.140. The summed E-state index contributed by atoms with van der Waals surface area (Å²) < 4.78 is 8.39. The molecule has 1 rings (SSSR count). The summed E-state index contributed by atoms with van der Waals surface area (Å²) in [5, 5.41) is 3.98. The van der Waals surface area contributed by atoms with Crippen LogP contribution in [0.2, 0.25) is 0 Å². The van der Waals surface area contributed by atoms with E-state index in [1.807, 2.05) is 6.92 Å². The fourth-order valence-corrected chi connectivity index (χ4v) is 2.31. The Labute approximate surface area is 116 Å². The predicted molar refractivity (Wildman–Crippen MR) is 72.1 cm³/mol. The highest BCUT2D eigenvalue weighted by Gasteiger charge is 2.19. The number of amides is 1. The number of nitrogens with zero attached hydrogens (tertiary/aromatic N) is 3. The van der Waals surface area contributed by atoms with Gasteiger partial charge in [0.1, 0.15) is 4.88 Å². The minimum Gasteiger partial charge on any atom is -0.469 e. The van der Waals surface area contributed by atoms with E-state index in [1.54, 1.807) is 11.9 Å². The van der Waals surface area contributed by atoms with E-state index in [-0.39, 0.29) is 11.9 Å². The number of esters is 1. The molecule has 106 valence electrons. The van der Waals surface area contributed by atoms with E-state index in [0.717, 1.165) is 30.1 Å². The molecule has 0 aliphatic heterocycles. The Kier molecular flexibility index (Phi) is 6.41. The number of rotatable bonds is 7. The van der Waals surface area contributed by atoms with Gasteiger partial charge >= 0.3 is 5.97 Å². The van der Waals surface area contributed by atoms with Gasteiger partial charge in [0.05, 0.1) is 12.8 Å². The van der Waals surface area contributed by atoms with Gasteiger partial charge in [0.15, 0.2) is 0 Å². The van der Waals surface area contributed by atoms with Crippen LogP contribution in [0.4, 0.5) is 0 Å². The van der Waals surface area contributed by atoms with Crippen molar-refractivity contribution < 1.29 is 14.3 Å². The standard InChI is InChI=1S/C12H19N3O3S/c1-4-6-9-11(19-14-13-9)12(17)15(2)8-5-7-10(16)18-3/h4-8H2,1-3H3. The quantitative estimate of drug-likeness (QED) is 0.710. The van der Waals surface area contributed by atoms with Crippen molar-refractivity contribution in [3.05, 3.63) is 10.6 Å². The van der Waals surface area contributed by atoms with E-state index in [4.69, 9.17) is 0 Å². The number of methoxy groups -OCH3 is 1. The molecule has 7 heteroatoms. The third-order valence-corrected chi connectivity index (χ3v) is 3.44. The summed E-state index contributed by atoms with van der Waals surface area (Å²) in [6.45, 7) is 2.55. The van der Waals surface area contributed by atoms with Crippen LogP contribution in [0.3, 0.4) is 0 Å². The molecule has 0 radical (unpaired) electrons.